The van der Waals surface area contributed by atoms with E-state index in [-0.39, 0.29) is 0 Å². The molecule has 3 nitrogen and oxygen atoms in total. The molecule has 0 saturated heterocycles. The van der Waals surface area contributed by atoms with E-state index >= 15 is 0 Å². The van der Waals surface area contributed by atoms with Gasteiger partial charge in [0.05, 0.1) is 5.41 Å². The molecule has 2 N–H and O–H groups in total. The van der Waals surface area contributed by atoms with Gasteiger partial charge >= 0.3 is 5.97 Å². The lowest BCUT2D eigenvalue weighted by Gasteiger charge is -2.09. The summed E-state index contributed by atoms with van der Waals surface area (Å²) in [6, 6.07) is 8.09. The van der Waals surface area contributed by atoms with Crippen LogP contribution in [0.5, 0.6) is 0 Å². The van der Waals surface area contributed by atoms with Crippen molar-refractivity contribution >= 4 is 16.9 Å². The van der Waals surface area contributed by atoms with Crippen LogP contribution in [-0.2, 0) is 11.2 Å². The molecule has 1 aromatic carbocycles. The number of aliphatic carboxylic acids is 1. The number of aromatic amines is 1. The van der Waals surface area contributed by atoms with E-state index < -0.39 is 11.4 Å². The maximum Gasteiger partial charge on any atom is 0.309 e. The molecule has 0 bridgehead atoms. The van der Waals surface area contributed by atoms with E-state index in [2.05, 4.69) is 11.1 Å². The maximum absolute atomic E-state index is 11.2. The van der Waals surface area contributed by atoms with E-state index in [1.807, 2.05) is 25.1 Å². The Morgan fingerprint density at radius 1 is 1.41 bits per heavy atom. The summed E-state index contributed by atoms with van der Waals surface area (Å²) < 4.78 is 0. The first-order chi connectivity index (χ1) is 8.12. The zero-order chi connectivity index (χ0) is 12.0. The third-order valence-electron chi connectivity index (χ3n) is 3.85. The third kappa shape index (κ3) is 1.54. The number of carboxylic acids is 1. The molecular formula is C14H15NO2. The predicted octanol–water partition coefficient (Wildman–Crippen LogP) is 2.88. The Bertz CT molecular complexity index is 593. The molecule has 1 heterocycles. The predicted molar refractivity (Wildman–Crippen MR) is 66.0 cm³/mol. The summed E-state index contributed by atoms with van der Waals surface area (Å²) in [4.78, 5) is 14.6. The first kappa shape index (κ1) is 10.4. The molecule has 0 unspecified atom stereocenters. The quantitative estimate of drug-likeness (QED) is 0.850. The van der Waals surface area contributed by atoms with Crippen molar-refractivity contribution in [3.05, 3.63) is 35.5 Å². The number of aromatic nitrogens is 1. The van der Waals surface area contributed by atoms with Gasteiger partial charge in [-0.05, 0) is 37.8 Å². The normalized spacial score (nSPS) is 17.2. The number of rotatable bonds is 3. The van der Waals surface area contributed by atoms with E-state index in [9.17, 15) is 9.90 Å². The molecule has 1 fully saturated rings. The number of nitrogens with one attached hydrogen (secondary N) is 1. The smallest absolute Gasteiger partial charge is 0.309 e. The molecule has 1 aliphatic carbocycles. The van der Waals surface area contributed by atoms with Crippen molar-refractivity contribution in [1.29, 1.82) is 0 Å². The minimum Gasteiger partial charge on any atom is -0.481 e. The van der Waals surface area contributed by atoms with E-state index in [1.54, 1.807) is 0 Å². The van der Waals surface area contributed by atoms with Gasteiger partial charge in [-0.15, -0.1) is 0 Å². The van der Waals surface area contributed by atoms with E-state index in [4.69, 9.17) is 0 Å². The number of H-pyrrole nitrogens is 1. The highest BCUT2D eigenvalue weighted by molar-refractivity contribution is 5.86. The van der Waals surface area contributed by atoms with Gasteiger partial charge in [0, 0.05) is 16.6 Å². The summed E-state index contributed by atoms with van der Waals surface area (Å²) in [6.45, 7) is 2.02. The molecule has 3 heteroatoms. The summed E-state index contributed by atoms with van der Waals surface area (Å²) in [5.74, 6) is -0.651. The second-order valence-electron chi connectivity index (χ2n) is 5.04. The van der Waals surface area contributed by atoms with Gasteiger partial charge in [0.1, 0.15) is 0 Å². The van der Waals surface area contributed by atoms with Crippen LogP contribution in [-0.4, -0.2) is 16.1 Å². The molecule has 1 saturated carbocycles. The molecule has 0 amide bonds. The number of carbonyl (C=O) groups is 1. The fourth-order valence-corrected chi connectivity index (χ4v) is 2.52. The number of para-hydroxylation sites is 1. The molecule has 0 aliphatic heterocycles. The second-order valence-corrected chi connectivity index (χ2v) is 5.04. The molecule has 1 aromatic heterocycles. The van der Waals surface area contributed by atoms with Crippen LogP contribution < -0.4 is 0 Å². The summed E-state index contributed by atoms with van der Waals surface area (Å²) in [6.07, 6.45) is 2.26. The van der Waals surface area contributed by atoms with Crippen molar-refractivity contribution in [2.45, 2.75) is 26.2 Å². The molecule has 0 spiro atoms. The standard InChI is InChI=1S/C14H15NO2/c1-9-11(8-14(6-7-14)13(16)17)10-4-2-3-5-12(10)15-9/h2-5,15H,6-8H2,1H3,(H,16,17). The van der Waals surface area contributed by atoms with Gasteiger partial charge in [-0.25, -0.2) is 0 Å². The summed E-state index contributed by atoms with van der Waals surface area (Å²) in [7, 11) is 0. The van der Waals surface area contributed by atoms with Crippen LogP contribution in [0.2, 0.25) is 0 Å². The van der Waals surface area contributed by atoms with Crippen molar-refractivity contribution in [3.63, 3.8) is 0 Å². The van der Waals surface area contributed by atoms with Crippen LogP contribution in [0.3, 0.4) is 0 Å². The van der Waals surface area contributed by atoms with Crippen molar-refractivity contribution in [3.8, 4) is 0 Å². The Morgan fingerprint density at radius 3 is 2.76 bits per heavy atom. The number of hydrogen-bond acceptors (Lipinski definition) is 1. The van der Waals surface area contributed by atoms with Gasteiger partial charge in [0.25, 0.3) is 0 Å². The fourth-order valence-electron chi connectivity index (χ4n) is 2.52. The average Bonchev–Trinajstić information content (AvgIpc) is 3.01. The molecule has 88 valence electrons. The molecule has 3 rings (SSSR count). The summed E-state index contributed by atoms with van der Waals surface area (Å²) >= 11 is 0. The highest BCUT2D eigenvalue weighted by Gasteiger charge is 2.50. The Kier molecular flexibility index (Phi) is 2.05. The van der Waals surface area contributed by atoms with E-state index in [0.29, 0.717) is 6.42 Å². The Morgan fingerprint density at radius 2 is 2.12 bits per heavy atom. The first-order valence-electron chi connectivity index (χ1n) is 5.92. The SMILES string of the molecule is Cc1[nH]c2ccccc2c1CC1(C(=O)O)CC1. The lowest BCUT2D eigenvalue weighted by Crippen LogP contribution is -2.17. The van der Waals surface area contributed by atoms with Crippen LogP contribution in [0.25, 0.3) is 10.9 Å². The van der Waals surface area contributed by atoms with Crippen molar-refractivity contribution in [2.75, 3.05) is 0 Å². The molecule has 0 atom stereocenters. The summed E-state index contributed by atoms with van der Waals surface area (Å²) in [5, 5.41) is 10.4. The molecular weight excluding hydrogens is 214 g/mol. The number of aryl methyl sites for hydroxylation is 1. The van der Waals surface area contributed by atoms with Crippen LogP contribution in [0.15, 0.2) is 24.3 Å². The Hall–Kier alpha value is -1.77. The van der Waals surface area contributed by atoms with Crippen LogP contribution >= 0.6 is 0 Å². The van der Waals surface area contributed by atoms with Crippen molar-refractivity contribution < 1.29 is 9.90 Å². The molecule has 17 heavy (non-hydrogen) atoms. The Balaban J connectivity index is 2.06. The van der Waals surface area contributed by atoms with Gasteiger partial charge in [-0.2, -0.15) is 0 Å². The van der Waals surface area contributed by atoms with Crippen LogP contribution in [0, 0.1) is 12.3 Å². The van der Waals surface area contributed by atoms with Gasteiger partial charge < -0.3 is 10.1 Å². The van der Waals surface area contributed by atoms with Gasteiger partial charge in [-0.3, -0.25) is 4.79 Å². The minimum absolute atomic E-state index is 0.490. The molecule has 1 aliphatic rings. The third-order valence-corrected chi connectivity index (χ3v) is 3.85. The van der Waals surface area contributed by atoms with Crippen molar-refractivity contribution in [2.24, 2.45) is 5.41 Å². The van der Waals surface area contributed by atoms with Crippen molar-refractivity contribution in [1.82, 2.24) is 4.98 Å². The minimum atomic E-state index is -0.651. The highest BCUT2D eigenvalue weighted by atomic mass is 16.4. The van der Waals surface area contributed by atoms with Crippen LogP contribution in [0.4, 0.5) is 0 Å². The van der Waals surface area contributed by atoms with Gasteiger partial charge in [-0.1, -0.05) is 18.2 Å². The van der Waals surface area contributed by atoms with Gasteiger partial charge in [0.2, 0.25) is 0 Å². The Labute approximate surface area is 99.5 Å². The second kappa shape index (κ2) is 3.36. The fraction of sp³-hybridized carbons (Fsp3) is 0.357. The lowest BCUT2D eigenvalue weighted by molar-refractivity contribution is -0.143. The maximum atomic E-state index is 11.2. The van der Waals surface area contributed by atoms with Crippen LogP contribution in [0.1, 0.15) is 24.1 Å². The summed E-state index contributed by atoms with van der Waals surface area (Å²) in [5.41, 5.74) is 2.87. The van der Waals surface area contributed by atoms with E-state index in [0.717, 1.165) is 29.4 Å². The van der Waals surface area contributed by atoms with Gasteiger partial charge in [0.15, 0.2) is 0 Å². The first-order valence-corrected chi connectivity index (χ1v) is 5.92. The zero-order valence-corrected chi connectivity index (χ0v) is 9.79. The number of fused-ring (bicyclic) bond motifs is 1. The highest BCUT2D eigenvalue weighted by Crippen LogP contribution is 2.49. The monoisotopic (exact) mass is 229 g/mol. The number of benzene rings is 1. The zero-order valence-electron chi connectivity index (χ0n) is 9.79. The van der Waals surface area contributed by atoms with E-state index in [1.165, 1.54) is 5.56 Å². The molecule has 2 aromatic rings. The number of hydrogen-bond donors (Lipinski definition) is 2. The largest absolute Gasteiger partial charge is 0.481 e. The molecule has 0 radical (unpaired) electrons. The average molecular weight is 229 g/mol. The number of carboxylic acid groups (broad SMARTS) is 1. The lowest BCUT2D eigenvalue weighted by atomic mass is 9.95. The topological polar surface area (TPSA) is 53.1 Å².